The van der Waals surface area contributed by atoms with Crippen LogP contribution in [0.4, 0.5) is 4.39 Å². The summed E-state index contributed by atoms with van der Waals surface area (Å²) < 4.78 is 23.5. The van der Waals surface area contributed by atoms with Gasteiger partial charge < -0.3 is 14.8 Å². The number of nitrogens with one attached hydrogen (secondary N) is 1. The molecule has 0 atom stereocenters. The van der Waals surface area contributed by atoms with Crippen LogP contribution in [0.25, 0.3) is 0 Å². The Balaban J connectivity index is 1.45. The van der Waals surface area contributed by atoms with E-state index in [1.807, 2.05) is 30.3 Å². The molecule has 1 amide bonds. The van der Waals surface area contributed by atoms with Gasteiger partial charge in [-0.25, -0.2) is 4.39 Å². The Morgan fingerprint density at radius 1 is 1.04 bits per heavy atom. The Morgan fingerprint density at radius 2 is 1.68 bits per heavy atom. The first-order valence-corrected chi connectivity index (χ1v) is 9.54. The topological polar surface area (TPSA) is 50.8 Å². The SMILES string of the molecule is COc1ccc(CC(=O)NC2CCN(Cc3ccc(F)cc3)CC2)cc1OC. The lowest BCUT2D eigenvalue weighted by Gasteiger charge is -2.32. The van der Waals surface area contributed by atoms with Gasteiger partial charge in [-0.3, -0.25) is 9.69 Å². The molecule has 1 saturated heterocycles. The van der Waals surface area contributed by atoms with Crippen LogP contribution < -0.4 is 14.8 Å². The van der Waals surface area contributed by atoms with E-state index in [1.165, 1.54) is 12.1 Å². The van der Waals surface area contributed by atoms with Gasteiger partial charge in [-0.15, -0.1) is 0 Å². The molecule has 0 spiro atoms. The smallest absolute Gasteiger partial charge is 0.224 e. The van der Waals surface area contributed by atoms with Crippen molar-refractivity contribution in [2.24, 2.45) is 0 Å². The van der Waals surface area contributed by atoms with Gasteiger partial charge in [0.05, 0.1) is 20.6 Å². The highest BCUT2D eigenvalue weighted by Gasteiger charge is 2.21. The van der Waals surface area contributed by atoms with Gasteiger partial charge >= 0.3 is 0 Å². The van der Waals surface area contributed by atoms with Crippen molar-refractivity contribution >= 4 is 5.91 Å². The van der Waals surface area contributed by atoms with Crippen LogP contribution in [0.5, 0.6) is 11.5 Å². The zero-order chi connectivity index (χ0) is 19.9. The number of carbonyl (C=O) groups is 1. The van der Waals surface area contributed by atoms with E-state index in [-0.39, 0.29) is 17.8 Å². The van der Waals surface area contributed by atoms with E-state index >= 15 is 0 Å². The lowest BCUT2D eigenvalue weighted by atomic mass is 10.0. The molecule has 0 radical (unpaired) electrons. The lowest BCUT2D eigenvalue weighted by Crippen LogP contribution is -2.44. The minimum atomic E-state index is -0.209. The Labute approximate surface area is 165 Å². The number of rotatable bonds is 7. The zero-order valence-corrected chi connectivity index (χ0v) is 16.4. The molecule has 1 fully saturated rings. The second kappa shape index (κ2) is 9.55. The summed E-state index contributed by atoms with van der Waals surface area (Å²) in [6, 6.07) is 12.4. The molecule has 1 heterocycles. The van der Waals surface area contributed by atoms with Gasteiger partial charge in [-0.2, -0.15) is 0 Å². The third kappa shape index (κ3) is 5.45. The Kier molecular flexibility index (Phi) is 6.87. The Morgan fingerprint density at radius 3 is 2.32 bits per heavy atom. The van der Waals surface area contributed by atoms with E-state index in [2.05, 4.69) is 10.2 Å². The summed E-state index contributed by atoms with van der Waals surface area (Å²) >= 11 is 0. The summed E-state index contributed by atoms with van der Waals surface area (Å²) in [7, 11) is 3.17. The van der Waals surface area contributed by atoms with Gasteiger partial charge in [-0.1, -0.05) is 18.2 Å². The molecule has 0 aliphatic carbocycles. The molecule has 0 aromatic heterocycles. The maximum Gasteiger partial charge on any atom is 0.224 e. The fourth-order valence-corrected chi connectivity index (χ4v) is 3.54. The van der Waals surface area contributed by atoms with Crippen molar-refractivity contribution in [3.05, 3.63) is 59.4 Å². The molecule has 3 rings (SSSR count). The third-order valence-electron chi connectivity index (χ3n) is 5.08. The number of methoxy groups -OCH3 is 2. The molecule has 1 aliphatic rings. The fourth-order valence-electron chi connectivity index (χ4n) is 3.54. The standard InChI is InChI=1S/C22H27FN2O3/c1-27-20-8-5-17(13-21(20)28-2)14-22(26)24-19-9-11-25(12-10-19)15-16-3-6-18(23)7-4-16/h3-8,13,19H,9-12,14-15H2,1-2H3,(H,24,26). The van der Waals surface area contributed by atoms with Crippen LogP contribution in [-0.2, 0) is 17.8 Å². The Hall–Kier alpha value is -2.60. The van der Waals surface area contributed by atoms with E-state index < -0.39 is 0 Å². The number of hydrogen-bond acceptors (Lipinski definition) is 4. The second-order valence-electron chi connectivity index (χ2n) is 7.11. The number of benzene rings is 2. The number of halogens is 1. The molecule has 1 aliphatic heterocycles. The van der Waals surface area contributed by atoms with Crippen molar-refractivity contribution in [3.8, 4) is 11.5 Å². The van der Waals surface area contributed by atoms with Crippen LogP contribution in [0.2, 0.25) is 0 Å². The van der Waals surface area contributed by atoms with Crippen LogP contribution >= 0.6 is 0 Å². The highest BCUT2D eigenvalue weighted by molar-refractivity contribution is 5.79. The molecule has 28 heavy (non-hydrogen) atoms. The zero-order valence-electron chi connectivity index (χ0n) is 16.4. The van der Waals surface area contributed by atoms with Gasteiger partial charge in [-0.05, 0) is 48.2 Å². The number of hydrogen-bond donors (Lipinski definition) is 1. The first-order chi connectivity index (χ1) is 13.6. The number of amides is 1. The average molecular weight is 386 g/mol. The normalized spacial score (nSPS) is 15.2. The summed E-state index contributed by atoms with van der Waals surface area (Å²) in [5.41, 5.74) is 2.00. The van der Waals surface area contributed by atoms with E-state index in [9.17, 15) is 9.18 Å². The van der Waals surface area contributed by atoms with Crippen molar-refractivity contribution < 1.29 is 18.7 Å². The number of piperidine rings is 1. The molecule has 0 unspecified atom stereocenters. The number of likely N-dealkylation sites (tertiary alicyclic amines) is 1. The molecule has 6 heteroatoms. The quantitative estimate of drug-likeness (QED) is 0.794. The van der Waals surface area contributed by atoms with Gasteiger partial charge in [0.25, 0.3) is 0 Å². The van der Waals surface area contributed by atoms with Gasteiger partial charge in [0.2, 0.25) is 5.91 Å². The van der Waals surface area contributed by atoms with Crippen molar-refractivity contribution in [2.45, 2.75) is 31.8 Å². The number of carbonyl (C=O) groups excluding carboxylic acids is 1. The first-order valence-electron chi connectivity index (χ1n) is 9.54. The largest absolute Gasteiger partial charge is 0.493 e. The summed E-state index contributed by atoms with van der Waals surface area (Å²) in [4.78, 5) is 14.7. The predicted octanol–water partition coefficient (Wildman–Crippen LogP) is 3.17. The maximum absolute atomic E-state index is 13.0. The van der Waals surface area contributed by atoms with Gasteiger partial charge in [0.15, 0.2) is 11.5 Å². The predicted molar refractivity (Wildman–Crippen MR) is 106 cm³/mol. The molecular weight excluding hydrogens is 359 g/mol. The molecule has 150 valence electrons. The first kappa shape index (κ1) is 20.1. The van der Waals surface area contributed by atoms with Crippen molar-refractivity contribution in [1.82, 2.24) is 10.2 Å². The van der Waals surface area contributed by atoms with E-state index in [0.29, 0.717) is 17.9 Å². The fraction of sp³-hybridized carbons (Fsp3) is 0.409. The maximum atomic E-state index is 13.0. The monoisotopic (exact) mass is 386 g/mol. The summed E-state index contributed by atoms with van der Waals surface area (Å²) in [5.74, 6) is 1.09. The van der Waals surface area contributed by atoms with Crippen LogP contribution in [0.3, 0.4) is 0 Å². The summed E-state index contributed by atoms with van der Waals surface area (Å²) in [6.45, 7) is 2.64. The van der Waals surface area contributed by atoms with E-state index in [0.717, 1.165) is 43.6 Å². The average Bonchev–Trinajstić information content (AvgIpc) is 2.71. The molecule has 0 saturated carbocycles. The molecule has 2 aromatic carbocycles. The lowest BCUT2D eigenvalue weighted by molar-refractivity contribution is -0.121. The molecule has 2 aromatic rings. The minimum Gasteiger partial charge on any atom is -0.493 e. The van der Waals surface area contributed by atoms with Crippen LogP contribution in [-0.4, -0.2) is 44.2 Å². The number of nitrogens with zero attached hydrogens (tertiary/aromatic N) is 1. The van der Waals surface area contributed by atoms with Gasteiger partial charge in [0.1, 0.15) is 5.82 Å². The summed E-state index contributed by atoms with van der Waals surface area (Å²) in [6.07, 6.45) is 2.15. The van der Waals surface area contributed by atoms with E-state index in [4.69, 9.17) is 9.47 Å². The highest BCUT2D eigenvalue weighted by Crippen LogP contribution is 2.27. The minimum absolute atomic E-state index is 0.0178. The third-order valence-corrected chi connectivity index (χ3v) is 5.08. The van der Waals surface area contributed by atoms with Crippen LogP contribution in [0.15, 0.2) is 42.5 Å². The van der Waals surface area contributed by atoms with Crippen molar-refractivity contribution in [2.75, 3.05) is 27.3 Å². The molecule has 1 N–H and O–H groups in total. The van der Waals surface area contributed by atoms with Crippen LogP contribution in [0.1, 0.15) is 24.0 Å². The Bertz CT molecular complexity index is 787. The second-order valence-corrected chi connectivity index (χ2v) is 7.11. The highest BCUT2D eigenvalue weighted by atomic mass is 19.1. The van der Waals surface area contributed by atoms with Crippen LogP contribution in [0, 0.1) is 5.82 Å². The molecule has 0 bridgehead atoms. The number of ether oxygens (including phenoxy) is 2. The van der Waals surface area contributed by atoms with Crippen molar-refractivity contribution in [3.63, 3.8) is 0 Å². The summed E-state index contributed by atoms with van der Waals surface area (Å²) in [5, 5.41) is 3.14. The van der Waals surface area contributed by atoms with E-state index in [1.54, 1.807) is 14.2 Å². The van der Waals surface area contributed by atoms with Crippen molar-refractivity contribution in [1.29, 1.82) is 0 Å². The van der Waals surface area contributed by atoms with Gasteiger partial charge in [0, 0.05) is 25.7 Å². The molecular formula is C22H27FN2O3. The molecule has 5 nitrogen and oxygen atoms in total.